The summed E-state index contributed by atoms with van der Waals surface area (Å²) in [4.78, 5) is 24.6. The lowest BCUT2D eigenvalue weighted by Crippen LogP contribution is -2.44. The van der Waals surface area contributed by atoms with E-state index in [2.05, 4.69) is 5.32 Å². The van der Waals surface area contributed by atoms with E-state index in [1.165, 1.54) is 33.5 Å². The number of ether oxygens (including phenoxy) is 5. The Labute approximate surface area is 187 Å². The van der Waals surface area contributed by atoms with Crippen molar-refractivity contribution in [2.75, 3.05) is 46.5 Å². The molecule has 9 nitrogen and oxygen atoms in total. The zero-order valence-corrected chi connectivity index (χ0v) is 19.7. The van der Waals surface area contributed by atoms with Crippen molar-refractivity contribution in [1.82, 2.24) is 5.32 Å². The Morgan fingerprint density at radius 2 is 1.71 bits per heavy atom. The van der Waals surface area contributed by atoms with Crippen LogP contribution in [0.4, 0.5) is 0 Å². The second-order valence-electron chi connectivity index (χ2n) is 6.89. The van der Waals surface area contributed by atoms with Crippen LogP contribution >= 0.6 is 11.8 Å². The molecule has 0 amide bonds. The van der Waals surface area contributed by atoms with E-state index < -0.39 is 18.1 Å². The van der Waals surface area contributed by atoms with Crippen LogP contribution in [0.5, 0.6) is 17.2 Å². The number of aliphatic hydroxyl groups excluding tert-OH is 1. The average Bonchev–Trinajstić information content (AvgIpc) is 2.75. The molecule has 1 aromatic carbocycles. The SMILES string of the molecule is COc1cc(C(=O)OCC(O)CNC(CCSC)C(=O)OC(C)C)cc(OC)c1OC. The van der Waals surface area contributed by atoms with Gasteiger partial charge in [-0.3, -0.25) is 4.79 Å². The molecular formula is C21H33NO8S. The molecule has 0 spiro atoms. The Morgan fingerprint density at radius 3 is 2.19 bits per heavy atom. The van der Waals surface area contributed by atoms with Gasteiger partial charge in [0.15, 0.2) is 11.5 Å². The van der Waals surface area contributed by atoms with Gasteiger partial charge in [-0.15, -0.1) is 0 Å². The molecule has 0 aliphatic carbocycles. The fraction of sp³-hybridized carbons (Fsp3) is 0.619. The van der Waals surface area contributed by atoms with Crippen molar-refractivity contribution in [3.63, 3.8) is 0 Å². The smallest absolute Gasteiger partial charge is 0.338 e. The van der Waals surface area contributed by atoms with E-state index in [4.69, 9.17) is 23.7 Å². The normalized spacial score (nSPS) is 12.8. The Kier molecular flexibility index (Phi) is 12.1. The van der Waals surface area contributed by atoms with E-state index in [-0.39, 0.29) is 30.8 Å². The molecule has 1 rings (SSSR count). The number of hydrogen-bond donors (Lipinski definition) is 2. The van der Waals surface area contributed by atoms with Crippen LogP contribution in [0.15, 0.2) is 12.1 Å². The number of carbonyl (C=O) groups excluding carboxylic acids is 2. The number of hydrogen-bond acceptors (Lipinski definition) is 10. The van der Waals surface area contributed by atoms with Crippen molar-refractivity contribution in [2.24, 2.45) is 0 Å². The summed E-state index contributed by atoms with van der Waals surface area (Å²) in [6.45, 7) is 3.37. The standard InChI is InChI=1S/C21H33NO8S/c1-13(2)30-21(25)16(7-8-31-6)22-11-15(23)12-29-20(24)14-9-17(26-3)19(28-5)18(10-14)27-4/h9-10,13,15-16,22-23H,7-8,11-12H2,1-6H3. The van der Waals surface area contributed by atoms with E-state index in [0.717, 1.165) is 5.75 Å². The topological polar surface area (TPSA) is 113 Å². The quantitative estimate of drug-likeness (QED) is 0.400. The van der Waals surface area contributed by atoms with Gasteiger partial charge in [-0.2, -0.15) is 11.8 Å². The molecule has 0 saturated heterocycles. The van der Waals surface area contributed by atoms with E-state index in [9.17, 15) is 14.7 Å². The van der Waals surface area contributed by atoms with E-state index in [1.807, 2.05) is 6.26 Å². The van der Waals surface area contributed by atoms with Crippen LogP contribution < -0.4 is 19.5 Å². The van der Waals surface area contributed by atoms with Crippen molar-refractivity contribution >= 4 is 23.7 Å². The Balaban J connectivity index is 2.67. The van der Waals surface area contributed by atoms with E-state index >= 15 is 0 Å². The van der Waals surface area contributed by atoms with Crippen LogP contribution in [0.25, 0.3) is 0 Å². The minimum absolute atomic E-state index is 0.0643. The average molecular weight is 460 g/mol. The highest BCUT2D eigenvalue weighted by Crippen LogP contribution is 2.38. The molecule has 0 fully saturated rings. The summed E-state index contributed by atoms with van der Waals surface area (Å²) in [5.74, 6) is 0.724. The maximum absolute atomic E-state index is 12.4. The van der Waals surface area contributed by atoms with Crippen LogP contribution in [0.3, 0.4) is 0 Å². The first kappa shape index (κ1) is 26.9. The monoisotopic (exact) mass is 459 g/mol. The number of methoxy groups -OCH3 is 3. The molecule has 2 unspecified atom stereocenters. The Bertz CT molecular complexity index is 688. The van der Waals surface area contributed by atoms with E-state index in [1.54, 1.807) is 25.6 Å². The zero-order chi connectivity index (χ0) is 23.4. The lowest BCUT2D eigenvalue weighted by atomic mass is 10.2. The van der Waals surface area contributed by atoms with E-state index in [0.29, 0.717) is 23.7 Å². The first-order valence-electron chi connectivity index (χ1n) is 9.85. The minimum atomic E-state index is -1.00. The number of carbonyl (C=O) groups is 2. The summed E-state index contributed by atoms with van der Waals surface area (Å²) in [6.07, 6.45) is 1.28. The molecule has 1 aromatic rings. The summed E-state index contributed by atoms with van der Waals surface area (Å²) in [7, 11) is 4.35. The van der Waals surface area contributed by atoms with Crippen molar-refractivity contribution in [2.45, 2.75) is 38.5 Å². The number of esters is 2. The molecule has 0 heterocycles. The third kappa shape index (κ3) is 8.84. The van der Waals surface area contributed by atoms with Crippen LogP contribution in [-0.4, -0.2) is 81.8 Å². The first-order chi connectivity index (χ1) is 14.8. The predicted octanol–water partition coefficient (Wildman–Crippen LogP) is 1.89. The molecule has 10 heteroatoms. The van der Waals surface area contributed by atoms with Crippen molar-refractivity contribution in [3.05, 3.63) is 17.7 Å². The van der Waals surface area contributed by atoms with Gasteiger partial charge in [-0.05, 0) is 44.4 Å². The van der Waals surface area contributed by atoms with Gasteiger partial charge in [0, 0.05) is 6.54 Å². The molecule has 0 radical (unpaired) electrons. The third-order valence-corrected chi connectivity index (χ3v) is 4.80. The number of aliphatic hydroxyl groups is 1. The third-order valence-electron chi connectivity index (χ3n) is 4.15. The van der Waals surface area contributed by atoms with Crippen LogP contribution in [0.1, 0.15) is 30.6 Å². The number of benzene rings is 1. The molecule has 0 aliphatic heterocycles. The number of rotatable bonds is 14. The summed E-state index contributed by atoms with van der Waals surface area (Å²) in [5.41, 5.74) is 0.188. The van der Waals surface area contributed by atoms with Gasteiger partial charge in [-0.1, -0.05) is 0 Å². The summed E-state index contributed by atoms with van der Waals surface area (Å²) in [5, 5.41) is 13.2. The van der Waals surface area contributed by atoms with Gasteiger partial charge in [0.2, 0.25) is 5.75 Å². The lowest BCUT2D eigenvalue weighted by Gasteiger charge is -2.20. The van der Waals surface area contributed by atoms with Crippen LogP contribution in [0, 0.1) is 0 Å². The molecule has 31 heavy (non-hydrogen) atoms. The first-order valence-corrected chi connectivity index (χ1v) is 11.2. The summed E-state index contributed by atoms with van der Waals surface area (Å²) >= 11 is 1.61. The molecule has 2 atom stereocenters. The van der Waals surface area contributed by atoms with Gasteiger partial charge >= 0.3 is 11.9 Å². The zero-order valence-electron chi connectivity index (χ0n) is 18.9. The fourth-order valence-electron chi connectivity index (χ4n) is 2.64. The van der Waals surface area contributed by atoms with Gasteiger partial charge in [0.25, 0.3) is 0 Å². The van der Waals surface area contributed by atoms with Gasteiger partial charge in [-0.25, -0.2) is 4.79 Å². The second kappa shape index (κ2) is 14.0. The Hall–Kier alpha value is -2.17. The van der Waals surface area contributed by atoms with Crippen molar-refractivity contribution in [3.8, 4) is 17.2 Å². The summed E-state index contributed by atoms with van der Waals surface area (Å²) in [6, 6.07) is 2.39. The predicted molar refractivity (Wildman–Crippen MR) is 118 cm³/mol. The van der Waals surface area contributed by atoms with Crippen molar-refractivity contribution in [1.29, 1.82) is 0 Å². The number of nitrogens with one attached hydrogen (secondary N) is 1. The molecule has 0 saturated carbocycles. The molecule has 176 valence electrons. The highest BCUT2D eigenvalue weighted by molar-refractivity contribution is 7.98. The second-order valence-corrected chi connectivity index (χ2v) is 7.88. The van der Waals surface area contributed by atoms with Gasteiger partial charge < -0.3 is 34.1 Å². The lowest BCUT2D eigenvalue weighted by molar-refractivity contribution is -0.150. The Morgan fingerprint density at radius 1 is 1.10 bits per heavy atom. The number of thioether (sulfide) groups is 1. The molecular weight excluding hydrogens is 426 g/mol. The van der Waals surface area contributed by atoms with Gasteiger partial charge in [0.05, 0.1) is 33.0 Å². The highest BCUT2D eigenvalue weighted by Gasteiger charge is 2.22. The van der Waals surface area contributed by atoms with Crippen LogP contribution in [0.2, 0.25) is 0 Å². The van der Waals surface area contributed by atoms with Gasteiger partial charge in [0.1, 0.15) is 18.8 Å². The van der Waals surface area contributed by atoms with Crippen LogP contribution in [-0.2, 0) is 14.3 Å². The molecule has 0 aromatic heterocycles. The molecule has 2 N–H and O–H groups in total. The fourth-order valence-corrected chi connectivity index (χ4v) is 3.12. The minimum Gasteiger partial charge on any atom is -0.493 e. The molecule has 0 aliphatic rings. The maximum Gasteiger partial charge on any atom is 0.338 e. The highest BCUT2D eigenvalue weighted by atomic mass is 32.2. The molecule has 0 bridgehead atoms. The van der Waals surface area contributed by atoms with Crippen molar-refractivity contribution < 1.29 is 38.4 Å². The maximum atomic E-state index is 12.4. The largest absolute Gasteiger partial charge is 0.493 e. The summed E-state index contributed by atoms with van der Waals surface area (Å²) < 4.78 is 26.1.